The van der Waals surface area contributed by atoms with E-state index >= 15 is 0 Å². The van der Waals surface area contributed by atoms with Gasteiger partial charge in [0, 0.05) is 24.0 Å². The number of sulfonamides is 1. The molecule has 4 aromatic carbocycles. The molecule has 0 bridgehead atoms. The summed E-state index contributed by atoms with van der Waals surface area (Å²) in [7, 11) is -4.20. The average Bonchev–Trinajstić information content (AvgIpc) is 3.08. The van der Waals surface area contributed by atoms with Gasteiger partial charge in [-0.1, -0.05) is 110 Å². The van der Waals surface area contributed by atoms with Crippen LogP contribution in [-0.4, -0.2) is 43.8 Å². The molecule has 1 N–H and O–H groups in total. The van der Waals surface area contributed by atoms with Gasteiger partial charge in [-0.05, 0) is 73.2 Å². The van der Waals surface area contributed by atoms with Crippen LogP contribution in [0.1, 0.15) is 54.4 Å². The summed E-state index contributed by atoms with van der Waals surface area (Å²) in [6.07, 6.45) is 5.31. The number of amides is 2. The molecule has 0 aromatic heterocycles. The van der Waals surface area contributed by atoms with E-state index in [2.05, 4.69) is 5.32 Å². The Morgan fingerprint density at radius 1 is 0.830 bits per heavy atom. The van der Waals surface area contributed by atoms with Crippen molar-refractivity contribution in [2.45, 2.75) is 75.9 Å². The first-order valence-electron chi connectivity index (χ1n) is 16.2. The summed E-state index contributed by atoms with van der Waals surface area (Å²) in [6, 6.07) is 29.6. The van der Waals surface area contributed by atoms with Crippen molar-refractivity contribution in [1.29, 1.82) is 0 Å². The maximum absolute atomic E-state index is 14.8. The average molecular weight is 672 g/mol. The van der Waals surface area contributed by atoms with Crippen molar-refractivity contribution in [2.75, 3.05) is 10.8 Å². The molecular formula is C38H42ClN3O4S. The predicted octanol–water partition coefficient (Wildman–Crippen LogP) is 7.24. The van der Waals surface area contributed by atoms with Crippen LogP contribution in [0.4, 0.5) is 5.69 Å². The number of hydrogen-bond donors (Lipinski definition) is 1. The Morgan fingerprint density at radius 2 is 1.47 bits per heavy atom. The number of benzene rings is 4. The van der Waals surface area contributed by atoms with Gasteiger partial charge < -0.3 is 10.2 Å². The fraction of sp³-hybridized carbons (Fsp3) is 0.316. The molecule has 0 spiro atoms. The third kappa shape index (κ3) is 8.42. The first-order valence-corrected chi connectivity index (χ1v) is 18.0. The third-order valence-electron chi connectivity index (χ3n) is 8.94. The van der Waals surface area contributed by atoms with Gasteiger partial charge >= 0.3 is 0 Å². The molecule has 1 saturated carbocycles. The second-order valence-corrected chi connectivity index (χ2v) is 14.5. The molecule has 246 valence electrons. The quantitative estimate of drug-likeness (QED) is 0.172. The predicted molar refractivity (Wildman–Crippen MR) is 188 cm³/mol. The van der Waals surface area contributed by atoms with Crippen LogP contribution >= 0.6 is 11.6 Å². The highest BCUT2D eigenvalue weighted by Crippen LogP contribution is 2.31. The van der Waals surface area contributed by atoms with Gasteiger partial charge in [0.25, 0.3) is 10.0 Å². The minimum atomic E-state index is -4.20. The van der Waals surface area contributed by atoms with E-state index in [1.54, 1.807) is 48.2 Å². The van der Waals surface area contributed by atoms with Gasteiger partial charge in [-0.25, -0.2) is 8.42 Å². The Labute approximate surface area is 283 Å². The molecule has 0 heterocycles. The van der Waals surface area contributed by atoms with E-state index in [1.807, 2.05) is 61.5 Å². The number of halogens is 1. The molecule has 1 aliphatic carbocycles. The molecule has 1 fully saturated rings. The third-order valence-corrected chi connectivity index (χ3v) is 11.1. The molecule has 5 rings (SSSR count). The lowest BCUT2D eigenvalue weighted by molar-refractivity contribution is -0.140. The fourth-order valence-electron chi connectivity index (χ4n) is 6.17. The van der Waals surface area contributed by atoms with E-state index in [0.717, 1.165) is 53.1 Å². The first kappa shape index (κ1) is 34.2. The molecule has 7 nitrogen and oxygen atoms in total. The van der Waals surface area contributed by atoms with E-state index in [1.165, 1.54) is 12.1 Å². The molecule has 2 amide bonds. The standard InChI is InChI=1S/C38H42ClN3O4S/c1-28-15-12-13-18-31(28)26-41(36(25-30-16-6-3-7-17-30)38(44)40-32-19-8-4-9-20-32)37(43)27-42(35-24-14-23-34(39)29(35)2)47(45,46)33-21-10-5-11-22-33/h3,5-7,10-18,21-24,32,36H,4,8-9,19-20,25-27H2,1-2H3,(H,40,44)/t36-/m1/s1. The van der Waals surface area contributed by atoms with Crippen molar-refractivity contribution >= 4 is 39.1 Å². The molecule has 0 aliphatic heterocycles. The summed E-state index contributed by atoms with van der Waals surface area (Å²) in [5, 5.41) is 3.63. The van der Waals surface area contributed by atoms with Gasteiger partial charge in [0.05, 0.1) is 10.6 Å². The topological polar surface area (TPSA) is 86.8 Å². The summed E-state index contributed by atoms with van der Waals surface area (Å²) in [5.74, 6) is -0.731. The highest BCUT2D eigenvalue weighted by molar-refractivity contribution is 7.92. The van der Waals surface area contributed by atoms with Crippen LogP contribution in [0.3, 0.4) is 0 Å². The maximum atomic E-state index is 14.8. The van der Waals surface area contributed by atoms with Crippen LogP contribution in [-0.2, 0) is 32.6 Å². The normalized spacial score (nSPS) is 14.3. The van der Waals surface area contributed by atoms with Crippen LogP contribution in [0.25, 0.3) is 0 Å². The zero-order valence-electron chi connectivity index (χ0n) is 26.9. The molecule has 1 atom stereocenters. The number of carbonyl (C=O) groups is 2. The molecule has 1 aliphatic rings. The van der Waals surface area contributed by atoms with Crippen LogP contribution in [0.5, 0.6) is 0 Å². The molecule has 9 heteroatoms. The SMILES string of the molecule is Cc1ccccc1CN(C(=O)CN(c1cccc(Cl)c1C)S(=O)(=O)c1ccccc1)[C@H](Cc1ccccc1)C(=O)NC1CCCCC1. The second kappa shape index (κ2) is 15.6. The van der Waals surface area contributed by atoms with E-state index < -0.39 is 28.5 Å². The number of nitrogens with one attached hydrogen (secondary N) is 1. The molecule has 47 heavy (non-hydrogen) atoms. The van der Waals surface area contributed by atoms with Crippen molar-refractivity contribution in [2.24, 2.45) is 0 Å². The number of rotatable bonds is 12. The monoisotopic (exact) mass is 671 g/mol. The first-order chi connectivity index (χ1) is 22.6. The van der Waals surface area contributed by atoms with Crippen molar-refractivity contribution in [3.63, 3.8) is 0 Å². The summed E-state index contributed by atoms with van der Waals surface area (Å²) < 4.78 is 29.6. The van der Waals surface area contributed by atoms with Gasteiger partial charge in [-0.15, -0.1) is 0 Å². The van der Waals surface area contributed by atoms with Gasteiger partial charge in [0.2, 0.25) is 11.8 Å². The minimum Gasteiger partial charge on any atom is -0.352 e. The van der Waals surface area contributed by atoms with E-state index in [-0.39, 0.29) is 29.8 Å². The Bertz CT molecular complexity index is 1780. The minimum absolute atomic E-state index is 0.0361. The van der Waals surface area contributed by atoms with E-state index in [0.29, 0.717) is 16.3 Å². The lowest BCUT2D eigenvalue weighted by atomic mass is 9.94. The molecule has 4 aromatic rings. The largest absolute Gasteiger partial charge is 0.352 e. The summed E-state index contributed by atoms with van der Waals surface area (Å²) in [4.78, 5) is 30.6. The highest BCUT2D eigenvalue weighted by Gasteiger charge is 2.36. The number of anilines is 1. The van der Waals surface area contributed by atoms with Gasteiger partial charge in [0.1, 0.15) is 12.6 Å². The van der Waals surface area contributed by atoms with Crippen LogP contribution in [0.15, 0.2) is 108 Å². The summed E-state index contributed by atoms with van der Waals surface area (Å²) in [5.41, 5.74) is 3.58. The zero-order chi connectivity index (χ0) is 33.4. The van der Waals surface area contributed by atoms with Crippen LogP contribution in [0.2, 0.25) is 5.02 Å². The van der Waals surface area contributed by atoms with Crippen molar-refractivity contribution < 1.29 is 18.0 Å². The number of aryl methyl sites for hydroxylation is 1. The van der Waals surface area contributed by atoms with Gasteiger partial charge in [0.15, 0.2) is 0 Å². The smallest absolute Gasteiger partial charge is 0.264 e. The lowest BCUT2D eigenvalue weighted by Crippen LogP contribution is -2.55. The Morgan fingerprint density at radius 3 is 2.15 bits per heavy atom. The second-order valence-electron chi connectivity index (χ2n) is 12.2. The maximum Gasteiger partial charge on any atom is 0.264 e. The number of carbonyl (C=O) groups excluding carboxylic acids is 2. The Hall–Kier alpha value is -4.14. The Balaban J connectivity index is 1.59. The number of hydrogen-bond acceptors (Lipinski definition) is 4. The van der Waals surface area contributed by atoms with E-state index in [9.17, 15) is 18.0 Å². The van der Waals surface area contributed by atoms with Gasteiger partial charge in [-0.2, -0.15) is 0 Å². The number of nitrogens with zero attached hydrogens (tertiary/aromatic N) is 2. The lowest BCUT2D eigenvalue weighted by Gasteiger charge is -2.35. The van der Waals surface area contributed by atoms with E-state index in [4.69, 9.17) is 11.6 Å². The fourth-order valence-corrected chi connectivity index (χ4v) is 7.83. The van der Waals surface area contributed by atoms with Crippen LogP contribution < -0.4 is 9.62 Å². The van der Waals surface area contributed by atoms with Crippen molar-refractivity contribution in [3.05, 3.63) is 130 Å². The highest BCUT2D eigenvalue weighted by atomic mass is 35.5. The van der Waals surface area contributed by atoms with Crippen molar-refractivity contribution in [1.82, 2.24) is 10.2 Å². The molecule has 0 radical (unpaired) electrons. The van der Waals surface area contributed by atoms with Gasteiger partial charge in [-0.3, -0.25) is 13.9 Å². The summed E-state index contributed by atoms with van der Waals surface area (Å²) >= 11 is 6.48. The zero-order valence-corrected chi connectivity index (χ0v) is 28.5. The molecule has 0 saturated heterocycles. The summed E-state index contributed by atoms with van der Waals surface area (Å²) in [6.45, 7) is 3.31. The van der Waals surface area contributed by atoms with Crippen molar-refractivity contribution in [3.8, 4) is 0 Å². The molecular weight excluding hydrogens is 630 g/mol. The molecule has 0 unspecified atom stereocenters. The van der Waals surface area contributed by atoms with Crippen LogP contribution in [0, 0.1) is 13.8 Å². The Kier molecular flexibility index (Phi) is 11.4.